The van der Waals surface area contributed by atoms with Crippen molar-refractivity contribution in [2.75, 3.05) is 67.1 Å². The van der Waals surface area contributed by atoms with Gasteiger partial charge in [-0.3, -0.25) is 4.99 Å². The van der Waals surface area contributed by atoms with E-state index in [1.165, 1.54) is 38.8 Å². The summed E-state index contributed by atoms with van der Waals surface area (Å²) in [6, 6.07) is 0.756. The van der Waals surface area contributed by atoms with Gasteiger partial charge >= 0.3 is 0 Å². The standard InChI is InChI=1S/C18H39N5O.HI/c1-17-9-5-6-13-23(17)14-8-11-21-18(19-2)20-10-7-12-22(3)15-16-24-4;/h17H,5-16H2,1-4H3,(H2,19,20,21);1H. The van der Waals surface area contributed by atoms with Gasteiger partial charge in [0.25, 0.3) is 0 Å². The second-order valence-electron chi connectivity index (χ2n) is 6.81. The van der Waals surface area contributed by atoms with Gasteiger partial charge in [-0.1, -0.05) is 6.42 Å². The van der Waals surface area contributed by atoms with Crippen LogP contribution in [0, 0.1) is 0 Å². The molecule has 0 spiro atoms. The molecule has 0 aliphatic carbocycles. The first-order valence-electron chi connectivity index (χ1n) is 9.53. The number of aliphatic imine (C=N–C) groups is 1. The molecule has 1 unspecified atom stereocenters. The number of methoxy groups -OCH3 is 1. The highest BCUT2D eigenvalue weighted by Gasteiger charge is 2.16. The molecule has 0 radical (unpaired) electrons. The van der Waals surface area contributed by atoms with Gasteiger partial charge in [-0.05, 0) is 52.7 Å². The summed E-state index contributed by atoms with van der Waals surface area (Å²) < 4.78 is 5.09. The average molecular weight is 469 g/mol. The minimum Gasteiger partial charge on any atom is -0.383 e. The SMILES string of the molecule is CN=C(NCCCN(C)CCOC)NCCCN1CCCCC1C.I. The molecular formula is C18H40IN5O. The Morgan fingerprint density at radius 2 is 1.92 bits per heavy atom. The number of rotatable bonds is 11. The fraction of sp³-hybridized carbons (Fsp3) is 0.944. The predicted molar refractivity (Wildman–Crippen MR) is 118 cm³/mol. The molecule has 0 amide bonds. The lowest BCUT2D eigenvalue weighted by Gasteiger charge is -2.33. The molecule has 0 saturated carbocycles. The first-order chi connectivity index (χ1) is 11.7. The zero-order valence-electron chi connectivity index (χ0n) is 16.7. The van der Waals surface area contributed by atoms with Crippen molar-refractivity contribution in [2.45, 2.75) is 45.1 Å². The largest absolute Gasteiger partial charge is 0.383 e. The lowest BCUT2D eigenvalue weighted by atomic mass is 10.0. The van der Waals surface area contributed by atoms with Crippen LogP contribution in [0.4, 0.5) is 0 Å². The molecule has 150 valence electrons. The van der Waals surface area contributed by atoms with Crippen LogP contribution in [0.3, 0.4) is 0 Å². The van der Waals surface area contributed by atoms with E-state index in [-0.39, 0.29) is 24.0 Å². The van der Waals surface area contributed by atoms with Gasteiger partial charge in [-0.2, -0.15) is 0 Å². The lowest BCUT2D eigenvalue weighted by Crippen LogP contribution is -2.41. The molecule has 0 aromatic carbocycles. The van der Waals surface area contributed by atoms with E-state index in [0.29, 0.717) is 0 Å². The number of hydrogen-bond acceptors (Lipinski definition) is 4. The van der Waals surface area contributed by atoms with Gasteiger partial charge in [0.15, 0.2) is 5.96 Å². The third-order valence-electron chi connectivity index (χ3n) is 4.76. The van der Waals surface area contributed by atoms with Crippen LogP contribution >= 0.6 is 24.0 Å². The Balaban J connectivity index is 0.00000576. The average Bonchev–Trinajstić information content (AvgIpc) is 2.59. The van der Waals surface area contributed by atoms with Crippen LogP contribution in [0.2, 0.25) is 0 Å². The Hall–Kier alpha value is -0.120. The number of guanidine groups is 1. The summed E-state index contributed by atoms with van der Waals surface area (Å²) in [6.07, 6.45) is 6.39. The number of nitrogens with one attached hydrogen (secondary N) is 2. The molecule has 1 atom stereocenters. The summed E-state index contributed by atoms with van der Waals surface area (Å²) in [6.45, 7) is 9.59. The molecule has 1 fully saturated rings. The first kappa shape index (κ1) is 24.9. The van der Waals surface area contributed by atoms with Crippen molar-refractivity contribution in [2.24, 2.45) is 4.99 Å². The highest BCUT2D eigenvalue weighted by Crippen LogP contribution is 2.15. The molecule has 25 heavy (non-hydrogen) atoms. The number of likely N-dealkylation sites (tertiary alicyclic amines) is 1. The predicted octanol–water partition coefficient (Wildman–Crippen LogP) is 2.00. The van der Waals surface area contributed by atoms with E-state index in [2.05, 4.69) is 39.4 Å². The quantitative estimate of drug-likeness (QED) is 0.210. The van der Waals surface area contributed by atoms with E-state index in [1.54, 1.807) is 7.11 Å². The summed E-state index contributed by atoms with van der Waals surface area (Å²) in [5.74, 6) is 0.918. The summed E-state index contributed by atoms with van der Waals surface area (Å²) in [4.78, 5) is 9.22. The van der Waals surface area contributed by atoms with Gasteiger partial charge < -0.3 is 25.2 Å². The second kappa shape index (κ2) is 16.1. The van der Waals surface area contributed by atoms with Crippen LogP contribution in [0.1, 0.15) is 39.0 Å². The number of ether oxygens (including phenoxy) is 1. The van der Waals surface area contributed by atoms with E-state index in [9.17, 15) is 0 Å². The van der Waals surface area contributed by atoms with Crippen LogP contribution in [0.25, 0.3) is 0 Å². The molecule has 1 aliphatic heterocycles. The molecule has 0 aromatic rings. The summed E-state index contributed by atoms with van der Waals surface area (Å²) >= 11 is 0. The minimum absolute atomic E-state index is 0. The maximum atomic E-state index is 5.09. The molecule has 0 aromatic heterocycles. The van der Waals surface area contributed by atoms with Gasteiger partial charge in [-0.25, -0.2) is 0 Å². The summed E-state index contributed by atoms with van der Waals surface area (Å²) in [5.41, 5.74) is 0. The van der Waals surface area contributed by atoms with Crippen LogP contribution in [-0.2, 0) is 4.74 Å². The highest BCUT2D eigenvalue weighted by molar-refractivity contribution is 14.0. The highest BCUT2D eigenvalue weighted by atomic mass is 127. The number of likely N-dealkylation sites (N-methyl/N-ethyl adjacent to an activating group) is 1. The van der Waals surface area contributed by atoms with Crippen molar-refractivity contribution >= 4 is 29.9 Å². The molecule has 1 saturated heterocycles. The fourth-order valence-corrected chi connectivity index (χ4v) is 3.11. The van der Waals surface area contributed by atoms with Gasteiger partial charge in [0.05, 0.1) is 6.61 Å². The smallest absolute Gasteiger partial charge is 0.190 e. The van der Waals surface area contributed by atoms with Crippen LogP contribution in [0.15, 0.2) is 4.99 Å². The molecule has 2 N–H and O–H groups in total. The van der Waals surface area contributed by atoms with Crippen molar-refractivity contribution in [1.82, 2.24) is 20.4 Å². The second-order valence-corrected chi connectivity index (χ2v) is 6.81. The topological polar surface area (TPSA) is 52.1 Å². The lowest BCUT2D eigenvalue weighted by molar-refractivity contribution is 0.159. The molecule has 1 rings (SSSR count). The maximum Gasteiger partial charge on any atom is 0.190 e. The Morgan fingerprint density at radius 1 is 1.20 bits per heavy atom. The Morgan fingerprint density at radius 3 is 2.56 bits per heavy atom. The number of nitrogens with zero attached hydrogens (tertiary/aromatic N) is 3. The van der Waals surface area contributed by atoms with Crippen LogP contribution < -0.4 is 10.6 Å². The number of halogens is 1. The molecular weight excluding hydrogens is 429 g/mol. The molecule has 1 heterocycles. The zero-order chi connectivity index (χ0) is 17.6. The van der Waals surface area contributed by atoms with Crippen molar-refractivity contribution in [1.29, 1.82) is 0 Å². The fourth-order valence-electron chi connectivity index (χ4n) is 3.11. The van der Waals surface area contributed by atoms with Crippen LogP contribution in [-0.4, -0.2) is 88.9 Å². The minimum atomic E-state index is 0. The normalized spacial score (nSPS) is 18.9. The molecule has 1 aliphatic rings. The monoisotopic (exact) mass is 469 g/mol. The van der Waals surface area contributed by atoms with Crippen molar-refractivity contribution in [3.05, 3.63) is 0 Å². The van der Waals surface area contributed by atoms with Crippen molar-refractivity contribution in [3.63, 3.8) is 0 Å². The van der Waals surface area contributed by atoms with Gasteiger partial charge in [0.2, 0.25) is 0 Å². The van der Waals surface area contributed by atoms with Crippen molar-refractivity contribution < 1.29 is 4.74 Å². The maximum absolute atomic E-state index is 5.09. The van der Waals surface area contributed by atoms with E-state index in [4.69, 9.17) is 4.74 Å². The third kappa shape index (κ3) is 12.0. The number of piperidine rings is 1. The summed E-state index contributed by atoms with van der Waals surface area (Å²) in [5, 5.41) is 6.82. The Bertz CT molecular complexity index is 343. The summed E-state index contributed by atoms with van der Waals surface area (Å²) in [7, 11) is 5.72. The van der Waals surface area contributed by atoms with E-state index < -0.39 is 0 Å². The Labute approximate surface area is 172 Å². The molecule has 6 nitrogen and oxygen atoms in total. The van der Waals surface area contributed by atoms with Crippen molar-refractivity contribution in [3.8, 4) is 0 Å². The first-order valence-corrected chi connectivity index (χ1v) is 9.53. The van der Waals surface area contributed by atoms with Crippen LogP contribution in [0.5, 0.6) is 0 Å². The van der Waals surface area contributed by atoms with Gasteiger partial charge in [-0.15, -0.1) is 24.0 Å². The molecule has 7 heteroatoms. The number of hydrogen-bond donors (Lipinski definition) is 2. The Kier molecular flexibility index (Phi) is 16.0. The van der Waals surface area contributed by atoms with Gasteiger partial charge in [0, 0.05) is 46.4 Å². The van der Waals surface area contributed by atoms with E-state index >= 15 is 0 Å². The van der Waals surface area contributed by atoms with E-state index in [0.717, 1.165) is 51.2 Å². The van der Waals surface area contributed by atoms with Gasteiger partial charge in [0.1, 0.15) is 0 Å². The zero-order valence-corrected chi connectivity index (χ0v) is 19.1. The molecule has 0 bridgehead atoms. The van der Waals surface area contributed by atoms with E-state index in [1.807, 2.05) is 7.05 Å². The third-order valence-corrected chi connectivity index (χ3v) is 4.76.